The Morgan fingerprint density at radius 2 is 1.16 bits per heavy atom. The van der Waals surface area contributed by atoms with Crippen LogP contribution in [0.2, 0.25) is 0 Å². The van der Waals surface area contributed by atoms with Crippen LogP contribution < -0.4 is 5.32 Å². The second kappa shape index (κ2) is 8.61. The minimum absolute atomic E-state index is 0.0344. The van der Waals surface area contributed by atoms with Crippen LogP contribution in [0.5, 0.6) is 0 Å². The molecule has 128 valence electrons. The van der Waals surface area contributed by atoms with Crippen molar-refractivity contribution in [3.05, 3.63) is 108 Å². The molecular formula is C23H25NO. The van der Waals surface area contributed by atoms with Gasteiger partial charge in [-0.2, -0.15) is 0 Å². The number of hydrogen-bond acceptors (Lipinski definition) is 2. The average molecular weight is 331 g/mol. The third-order valence-electron chi connectivity index (χ3n) is 4.74. The van der Waals surface area contributed by atoms with E-state index in [9.17, 15) is 5.11 Å². The van der Waals surface area contributed by atoms with E-state index in [1.165, 1.54) is 5.56 Å². The number of aliphatic hydroxyl groups excluding tert-OH is 1. The van der Waals surface area contributed by atoms with Gasteiger partial charge in [-0.05, 0) is 30.2 Å². The summed E-state index contributed by atoms with van der Waals surface area (Å²) >= 11 is 0. The molecule has 0 amide bonds. The van der Waals surface area contributed by atoms with E-state index in [0.29, 0.717) is 0 Å². The number of hydrogen-bond donors (Lipinski definition) is 2. The molecule has 3 rings (SSSR count). The molecule has 0 radical (unpaired) electrons. The molecule has 0 fully saturated rings. The zero-order chi connectivity index (χ0) is 17.5. The van der Waals surface area contributed by atoms with Crippen LogP contribution in [-0.2, 0) is 6.42 Å². The zero-order valence-corrected chi connectivity index (χ0v) is 14.5. The molecule has 0 aliphatic rings. The normalized spacial score (nSPS) is 13.6. The Morgan fingerprint density at radius 3 is 1.60 bits per heavy atom. The molecule has 0 spiro atoms. The van der Waals surface area contributed by atoms with Crippen molar-refractivity contribution >= 4 is 0 Å². The minimum atomic E-state index is -0.532. The first kappa shape index (κ1) is 17.4. The lowest BCUT2D eigenvalue weighted by atomic mass is 9.82. The van der Waals surface area contributed by atoms with E-state index >= 15 is 0 Å². The third kappa shape index (κ3) is 4.36. The molecule has 0 saturated heterocycles. The highest BCUT2D eigenvalue weighted by Gasteiger charge is 2.29. The van der Waals surface area contributed by atoms with Gasteiger partial charge in [-0.25, -0.2) is 0 Å². The molecule has 2 nitrogen and oxygen atoms in total. The summed E-state index contributed by atoms with van der Waals surface area (Å²) < 4.78 is 0. The Hall–Kier alpha value is -2.42. The Labute approximate surface area is 150 Å². The zero-order valence-electron chi connectivity index (χ0n) is 14.5. The molecule has 0 aliphatic heterocycles. The topological polar surface area (TPSA) is 32.3 Å². The van der Waals surface area contributed by atoms with E-state index < -0.39 is 6.10 Å². The maximum atomic E-state index is 11.3. The molecule has 3 aromatic rings. The molecule has 2 unspecified atom stereocenters. The second-order valence-corrected chi connectivity index (χ2v) is 6.37. The van der Waals surface area contributed by atoms with Crippen LogP contribution in [0, 0.1) is 0 Å². The van der Waals surface area contributed by atoms with Gasteiger partial charge in [0, 0.05) is 12.0 Å². The molecule has 2 N–H and O–H groups in total. The largest absolute Gasteiger partial charge is 0.391 e. The fourth-order valence-electron chi connectivity index (χ4n) is 3.40. The lowest BCUT2D eigenvalue weighted by molar-refractivity contribution is 0.114. The first-order chi connectivity index (χ1) is 12.3. The van der Waals surface area contributed by atoms with Crippen LogP contribution >= 0.6 is 0 Å². The maximum Gasteiger partial charge on any atom is 0.0805 e. The maximum absolute atomic E-state index is 11.3. The minimum Gasteiger partial charge on any atom is -0.391 e. The molecule has 25 heavy (non-hydrogen) atoms. The summed E-state index contributed by atoms with van der Waals surface area (Å²) in [6, 6.07) is 30.8. The Balaban J connectivity index is 1.91. The quantitative estimate of drug-likeness (QED) is 0.685. The Kier molecular flexibility index (Phi) is 5.99. The van der Waals surface area contributed by atoms with E-state index in [0.717, 1.165) is 17.5 Å². The van der Waals surface area contributed by atoms with E-state index in [1.807, 2.05) is 61.6 Å². The van der Waals surface area contributed by atoms with Gasteiger partial charge in [-0.1, -0.05) is 91.0 Å². The van der Waals surface area contributed by atoms with Crippen molar-refractivity contribution in [3.63, 3.8) is 0 Å². The number of benzene rings is 3. The van der Waals surface area contributed by atoms with Crippen LogP contribution in [0.25, 0.3) is 0 Å². The molecule has 0 heterocycles. The fourth-order valence-corrected chi connectivity index (χ4v) is 3.40. The average Bonchev–Trinajstić information content (AvgIpc) is 2.69. The summed E-state index contributed by atoms with van der Waals surface area (Å²) in [4.78, 5) is 0. The van der Waals surface area contributed by atoms with Gasteiger partial charge in [0.25, 0.3) is 0 Å². The van der Waals surface area contributed by atoms with Crippen molar-refractivity contribution < 1.29 is 5.11 Å². The predicted octanol–water partition coefficient (Wildman–Crippen LogP) is 4.01. The molecule has 0 saturated carbocycles. The molecule has 3 aromatic carbocycles. The van der Waals surface area contributed by atoms with Crippen LogP contribution in [0.3, 0.4) is 0 Å². The monoisotopic (exact) mass is 331 g/mol. The van der Waals surface area contributed by atoms with E-state index in [2.05, 4.69) is 41.7 Å². The van der Waals surface area contributed by atoms with Crippen LogP contribution in [0.1, 0.15) is 22.6 Å². The Bertz CT molecular complexity index is 703. The van der Waals surface area contributed by atoms with E-state index in [-0.39, 0.29) is 12.0 Å². The molecular weight excluding hydrogens is 306 g/mol. The smallest absolute Gasteiger partial charge is 0.0805 e. The van der Waals surface area contributed by atoms with Gasteiger partial charge < -0.3 is 10.4 Å². The highest BCUT2D eigenvalue weighted by atomic mass is 16.3. The summed E-state index contributed by atoms with van der Waals surface area (Å²) in [6.45, 7) is 0. The van der Waals surface area contributed by atoms with Crippen LogP contribution in [-0.4, -0.2) is 24.3 Å². The summed E-state index contributed by atoms with van der Waals surface area (Å²) in [5.41, 5.74) is 3.49. The summed E-state index contributed by atoms with van der Waals surface area (Å²) in [5, 5.41) is 14.6. The highest BCUT2D eigenvalue weighted by molar-refractivity contribution is 5.34. The van der Waals surface area contributed by atoms with Gasteiger partial charge in [0.1, 0.15) is 0 Å². The van der Waals surface area contributed by atoms with E-state index in [1.54, 1.807) is 0 Å². The number of rotatable bonds is 7. The van der Waals surface area contributed by atoms with Gasteiger partial charge in [0.15, 0.2) is 0 Å². The number of nitrogens with one attached hydrogen (secondary N) is 1. The Morgan fingerprint density at radius 1 is 0.720 bits per heavy atom. The molecule has 2 heteroatoms. The molecule has 0 aliphatic carbocycles. The summed E-state index contributed by atoms with van der Waals surface area (Å²) in [7, 11) is 1.92. The van der Waals surface area contributed by atoms with Crippen LogP contribution in [0.4, 0.5) is 0 Å². The first-order valence-corrected chi connectivity index (χ1v) is 8.78. The van der Waals surface area contributed by atoms with Gasteiger partial charge in [-0.3, -0.25) is 0 Å². The molecule has 0 aromatic heterocycles. The fraction of sp³-hybridized carbons (Fsp3) is 0.217. The van der Waals surface area contributed by atoms with Gasteiger partial charge in [-0.15, -0.1) is 0 Å². The number of likely N-dealkylation sites (N-methyl/N-ethyl adjacent to an activating group) is 1. The lowest BCUT2D eigenvalue weighted by Crippen LogP contribution is -2.43. The van der Waals surface area contributed by atoms with Crippen molar-refractivity contribution in [1.29, 1.82) is 0 Å². The number of aliphatic hydroxyl groups is 1. The highest BCUT2D eigenvalue weighted by Crippen LogP contribution is 2.30. The standard InChI is InChI=1S/C23H25NO/c1-24-21(17-18-11-5-2-6-12-18)23(25)22(19-13-7-3-8-14-19)20-15-9-4-10-16-20/h2-16,21-25H,17H2,1H3. The van der Waals surface area contributed by atoms with Gasteiger partial charge in [0.05, 0.1) is 6.10 Å². The van der Waals surface area contributed by atoms with Crippen molar-refractivity contribution in [2.75, 3.05) is 7.05 Å². The molecule has 2 atom stereocenters. The first-order valence-electron chi connectivity index (χ1n) is 8.78. The predicted molar refractivity (Wildman–Crippen MR) is 104 cm³/mol. The van der Waals surface area contributed by atoms with Gasteiger partial charge >= 0.3 is 0 Å². The lowest BCUT2D eigenvalue weighted by Gasteiger charge is -2.31. The summed E-state index contributed by atoms with van der Waals surface area (Å²) in [6.07, 6.45) is 0.254. The van der Waals surface area contributed by atoms with Crippen LogP contribution in [0.15, 0.2) is 91.0 Å². The SMILES string of the molecule is CNC(Cc1ccccc1)C(O)C(c1ccccc1)c1ccccc1. The third-order valence-corrected chi connectivity index (χ3v) is 4.74. The summed E-state index contributed by atoms with van der Waals surface area (Å²) in [5.74, 6) is -0.0661. The van der Waals surface area contributed by atoms with E-state index in [4.69, 9.17) is 0 Å². The van der Waals surface area contributed by atoms with Crippen molar-refractivity contribution in [2.24, 2.45) is 0 Å². The van der Waals surface area contributed by atoms with Crippen molar-refractivity contribution in [2.45, 2.75) is 24.5 Å². The van der Waals surface area contributed by atoms with Gasteiger partial charge in [0.2, 0.25) is 0 Å². The molecule has 0 bridgehead atoms. The van der Waals surface area contributed by atoms with Crippen molar-refractivity contribution in [3.8, 4) is 0 Å². The second-order valence-electron chi connectivity index (χ2n) is 6.37. The van der Waals surface area contributed by atoms with Crippen molar-refractivity contribution in [1.82, 2.24) is 5.32 Å².